The first-order valence-electron chi connectivity index (χ1n) is 6.47. The van der Waals surface area contributed by atoms with Crippen LogP contribution in [0.15, 0.2) is 36.5 Å². The topological polar surface area (TPSA) is 42.0 Å². The van der Waals surface area contributed by atoms with Crippen LogP contribution < -0.4 is 5.32 Å². The van der Waals surface area contributed by atoms with Gasteiger partial charge in [0.15, 0.2) is 11.6 Å². The van der Waals surface area contributed by atoms with Crippen LogP contribution in [0.3, 0.4) is 0 Å². The number of nitrogens with one attached hydrogen (secondary N) is 1. The summed E-state index contributed by atoms with van der Waals surface area (Å²) >= 11 is 0. The molecule has 1 N–H and O–H groups in total. The summed E-state index contributed by atoms with van der Waals surface area (Å²) < 4.78 is 63.2. The molecule has 2 rings (SSSR count). The molecule has 0 radical (unpaired) electrons. The van der Waals surface area contributed by atoms with E-state index in [1.54, 1.807) is 0 Å². The van der Waals surface area contributed by atoms with Gasteiger partial charge in [0.1, 0.15) is 5.69 Å². The molecule has 1 aromatic heterocycles. The molecule has 1 atom stereocenters. The van der Waals surface area contributed by atoms with Gasteiger partial charge in [-0.2, -0.15) is 13.2 Å². The Morgan fingerprint density at radius 1 is 1.13 bits per heavy atom. The second-order valence-electron chi connectivity index (χ2n) is 4.80. The molecule has 8 heteroatoms. The SMILES string of the molecule is C[C@H](NC(=O)c1ccc(C(F)(F)F)nc1)c1ccc(F)c(F)c1. The number of hydrogen-bond acceptors (Lipinski definition) is 2. The van der Waals surface area contributed by atoms with E-state index in [9.17, 15) is 26.7 Å². The van der Waals surface area contributed by atoms with Crippen LogP contribution >= 0.6 is 0 Å². The van der Waals surface area contributed by atoms with Crippen molar-refractivity contribution >= 4 is 5.91 Å². The second-order valence-corrected chi connectivity index (χ2v) is 4.80. The molecule has 0 aliphatic heterocycles. The van der Waals surface area contributed by atoms with Gasteiger partial charge in [-0.3, -0.25) is 9.78 Å². The molecule has 1 aromatic carbocycles. The maximum Gasteiger partial charge on any atom is 0.433 e. The maximum atomic E-state index is 13.2. The number of rotatable bonds is 3. The average Bonchev–Trinajstić information content (AvgIpc) is 2.49. The van der Waals surface area contributed by atoms with Crippen molar-refractivity contribution in [3.63, 3.8) is 0 Å². The Morgan fingerprint density at radius 2 is 1.83 bits per heavy atom. The average molecular weight is 330 g/mol. The van der Waals surface area contributed by atoms with Crippen LogP contribution in [-0.2, 0) is 6.18 Å². The fourth-order valence-corrected chi connectivity index (χ4v) is 1.84. The first-order chi connectivity index (χ1) is 10.7. The molecule has 1 heterocycles. The third-order valence-corrected chi connectivity index (χ3v) is 3.11. The maximum absolute atomic E-state index is 13.2. The van der Waals surface area contributed by atoms with Gasteiger partial charge in [0.05, 0.1) is 11.6 Å². The van der Waals surface area contributed by atoms with Crippen LogP contribution in [0.1, 0.15) is 34.6 Å². The number of aromatic nitrogens is 1. The lowest BCUT2D eigenvalue weighted by Crippen LogP contribution is -2.27. The Bertz CT molecular complexity index is 713. The van der Waals surface area contributed by atoms with Gasteiger partial charge < -0.3 is 5.32 Å². The van der Waals surface area contributed by atoms with Crippen molar-refractivity contribution in [2.75, 3.05) is 0 Å². The Kier molecular flexibility index (Phi) is 4.63. The van der Waals surface area contributed by atoms with E-state index in [0.29, 0.717) is 11.6 Å². The molecule has 0 aliphatic rings. The highest BCUT2D eigenvalue weighted by Crippen LogP contribution is 2.27. The van der Waals surface area contributed by atoms with Gasteiger partial charge in [-0.1, -0.05) is 6.07 Å². The summed E-state index contributed by atoms with van der Waals surface area (Å²) in [7, 11) is 0. The van der Waals surface area contributed by atoms with Crippen molar-refractivity contribution in [1.29, 1.82) is 0 Å². The molecule has 0 bridgehead atoms. The van der Waals surface area contributed by atoms with E-state index in [1.165, 1.54) is 13.0 Å². The number of nitrogens with zero attached hydrogens (tertiary/aromatic N) is 1. The highest BCUT2D eigenvalue weighted by atomic mass is 19.4. The van der Waals surface area contributed by atoms with Crippen molar-refractivity contribution in [1.82, 2.24) is 10.3 Å². The van der Waals surface area contributed by atoms with E-state index in [4.69, 9.17) is 0 Å². The third kappa shape index (κ3) is 4.02. The van der Waals surface area contributed by atoms with Crippen molar-refractivity contribution in [2.24, 2.45) is 0 Å². The summed E-state index contributed by atoms with van der Waals surface area (Å²) in [6.07, 6.45) is -3.79. The van der Waals surface area contributed by atoms with Crippen molar-refractivity contribution in [3.8, 4) is 0 Å². The largest absolute Gasteiger partial charge is 0.433 e. The zero-order chi connectivity index (χ0) is 17.2. The molecule has 23 heavy (non-hydrogen) atoms. The molecule has 0 spiro atoms. The standard InChI is InChI=1S/C15H11F5N2O/c1-8(9-2-4-11(16)12(17)6-9)22-14(23)10-3-5-13(21-7-10)15(18,19)20/h2-8H,1H3,(H,22,23)/t8-/m0/s1. The van der Waals surface area contributed by atoms with Crippen LogP contribution in [0.2, 0.25) is 0 Å². The molecular formula is C15H11F5N2O. The van der Waals surface area contributed by atoms with E-state index in [0.717, 1.165) is 24.4 Å². The summed E-state index contributed by atoms with van der Waals surface area (Å²) in [6.45, 7) is 1.53. The number of pyridine rings is 1. The van der Waals surface area contributed by atoms with Gasteiger partial charge in [-0.25, -0.2) is 8.78 Å². The lowest BCUT2D eigenvalue weighted by atomic mass is 10.1. The van der Waals surface area contributed by atoms with E-state index in [-0.39, 0.29) is 5.56 Å². The van der Waals surface area contributed by atoms with Gasteiger partial charge in [-0.05, 0) is 36.8 Å². The monoisotopic (exact) mass is 330 g/mol. The fraction of sp³-hybridized carbons (Fsp3) is 0.200. The quantitative estimate of drug-likeness (QED) is 0.868. The molecule has 0 unspecified atom stereocenters. The molecule has 122 valence electrons. The fourth-order valence-electron chi connectivity index (χ4n) is 1.84. The van der Waals surface area contributed by atoms with Crippen LogP contribution in [0.5, 0.6) is 0 Å². The Hall–Kier alpha value is -2.51. The van der Waals surface area contributed by atoms with E-state index < -0.39 is 35.5 Å². The number of carbonyl (C=O) groups excluding carboxylic acids is 1. The molecule has 0 saturated carbocycles. The molecular weight excluding hydrogens is 319 g/mol. The number of carbonyl (C=O) groups is 1. The second kappa shape index (κ2) is 6.31. The Balaban J connectivity index is 2.10. The minimum absolute atomic E-state index is 0.0765. The van der Waals surface area contributed by atoms with Gasteiger partial charge in [0, 0.05) is 6.20 Å². The van der Waals surface area contributed by atoms with E-state index in [2.05, 4.69) is 10.3 Å². The Morgan fingerprint density at radius 3 is 2.35 bits per heavy atom. The molecule has 2 aromatic rings. The van der Waals surface area contributed by atoms with E-state index >= 15 is 0 Å². The summed E-state index contributed by atoms with van der Waals surface area (Å²) in [5.74, 6) is -2.75. The van der Waals surface area contributed by atoms with E-state index in [1.807, 2.05) is 0 Å². The number of hydrogen-bond donors (Lipinski definition) is 1. The minimum atomic E-state index is -4.59. The predicted molar refractivity (Wildman–Crippen MR) is 71.5 cm³/mol. The normalized spacial score (nSPS) is 12.8. The lowest BCUT2D eigenvalue weighted by molar-refractivity contribution is -0.141. The summed E-state index contributed by atoms with van der Waals surface area (Å²) in [5.41, 5.74) is -0.868. The van der Waals surface area contributed by atoms with Crippen molar-refractivity contribution in [2.45, 2.75) is 19.1 Å². The summed E-state index contributed by atoms with van der Waals surface area (Å²) in [4.78, 5) is 15.1. The highest BCUT2D eigenvalue weighted by molar-refractivity contribution is 5.94. The summed E-state index contributed by atoms with van der Waals surface area (Å²) in [6, 6.07) is 4.17. The molecule has 0 fully saturated rings. The van der Waals surface area contributed by atoms with Crippen LogP contribution in [0, 0.1) is 11.6 Å². The minimum Gasteiger partial charge on any atom is -0.345 e. The smallest absolute Gasteiger partial charge is 0.345 e. The van der Waals surface area contributed by atoms with Crippen LogP contribution in [0.4, 0.5) is 22.0 Å². The van der Waals surface area contributed by atoms with Gasteiger partial charge >= 0.3 is 6.18 Å². The van der Waals surface area contributed by atoms with Crippen molar-refractivity contribution < 1.29 is 26.7 Å². The number of alkyl halides is 3. The zero-order valence-electron chi connectivity index (χ0n) is 11.8. The van der Waals surface area contributed by atoms with Gasteiger partial charge in [0.2, 0.25) is 0 Å². The third-order valence-electron chi connectivity index (χ3n) is 3.11. The van der Waals surface area contributed by atoms with Crippen molar-refractivity contribution in [3.05, 3.63) is 65.0 Å². The first kappa shape index (κ1) is 16.9. The first-order valence-corrected chi connectivity index (χ1v) is 6.47. The highest BCUT2D eigenvalue weighted by Gasteiger charge is 2.32. The molecule has 0 aliphatic carbocycles. The van der Waals surface area contributed by atoms with Gasteiger partial charge in [0.25, 0.3) is 5.91 Å². The number of halogens is 5. The summed E-state index contributed by atoms with van der Waals surface area (Å²) in [5, 5.41) is 2.47. The number of benzene rings is 1. The zero-order valence-corrected chi connectivity index (χ0v) is 11.8. The number of amides is 1. The predicted octanol–water partition coefficient (Wildman–Crippen LogP) is 3.87. The van der Waals surface area contributed by atoms with Crippen LogP contribution in [0.25, 0.3) is 0 Å². The Labute approximate surface area is 128 Å². The lowest BCUT2D eigenvalue weighted by Gasteiger charge is -2.15. The van der Waals surface area contributed by atoms with Crippen LogP contribution in [-0.4, -0.2) is 10.9 Å². The molecule has 1 amide bonds. The molecule has 0 saturated heterocycles. The van der Waals surface area contributed by atoms with Gasteiger partial charge in [-0.15, -0.1) is 0 Å². The molecule has 3 nitrogen and oxygen atoms in total.